The molecule has 170 valence electrons. The minimum atomic E-state index is -0.990. The minimum absolute atomic E-state index is 0. The van der Waals surface area contributed by atoms with Gasteiger partial charge < -0.3 is 25.4 Å². The average Bonchev–Trinajstić information content (AvgIpc) is 2.77. The summed E-state index contributed by atoms with van der Waals surface area (Å²) in [5.74, 6) is 1.64. The van der Waals surface area contributed by atoms with E-state index in [0.29, 0.717) is 19.0 Å². The highest BCUT2D eigenvalue weighted by molar-refractivity contribution is 14.0. The third kappa shape index (κ3) is 7.62. The fourth-order valence-corrected chi connectivity index (χ4v) is 3.39. The van der Waals surface area contributed by atoms with Crippen molar-refractivity contribution in [1.29, 1.82) is 0 Å². The maximum atomic E-state index is 10.8. The second-order valence-corrected chi connectivity index (χ2v) is 7.84. The molecular formula is C23H34IN5O2. The van der Waals surface area contributed by atoms with Gasteiger partial charge in [-0.15, -0.1) is 24.0 Å². The molecule has 1 aromatic heterocycles. The summed E-state index contributed by atoms with van der Waals surface area (Å²) in [6, 6.07) is 13.8. The number of rotatable bonds is 7. The number of nitrogens with one attached hydrogen (secondary N) is 2. The number of aliphatic hydroxyl groups is 1. The zero-order valence-electron chi connectivity index (χ0n) is 18.5. The van der Waals surface area contributed by atoms with Crippen LogP contribution in [-0.4, -0.2) is 54.9 Å². The number of nitrogens with zero attached hydrogens (tertiary/aromatic N) is 3. The summed E-state index contributed by atoms with van der Waals surface area (Å²) in [5, 5.41) is 17.3. The summed E-state index contributed by atoms with van der Waals surface area (Å²) in [4.78, 5) is 11.5. The number of hydrogen-bond acceptors (Lipinski definition) is 5. The highest BCUT2D eigenvalue weighted by Gasteiger charge is 2.23. The smallest absolute Gasteiger partial charge is 0.191 e. The largest absolute Gasteiger partial charge is 0.384 e. The van der Waals surface area contributed by atoms with Crippen molar-refractivity contribution in [2.24, 2.45) is 4.99 Å². The van der Waals surface area contributed by atoms with Gasteiger partial charge in [0.05, 0.1) is 25.8 Å². The summed E-state index contributed by atoms with van der Waals surface area (Å²) < 4.78 is 5.60. The summed E-state index contributed by atoms with van der Waals surface area (Å²) in [6.07, 6.45) is 2.11. The molecule has 0 bridgehead atoms. The van der Waals surface area contributed by atoms with Gasteiger partial charge in [0.1, 0.15) is 11.4 Å². The SMILES string of the molecule is CCNC(=NCc1ccc(N2CCOC(C)C2)nc1)NCC(C)(O)c1ccccc1.I. The van der Waals surface area contributed by atoms with Crippen LogP contribution in [0.15, 0.2) is 53.7 Å². The van der Waals surface area contributed by atoms with E-state index in [1.165, 1.54) is 0 Å². The summed E-state index contributed by atoms with van der Waals surface area (Å²) in [5.41, 5.74) is 0.910. The Morgan fingerprint density at radius 3 is 2.68 bits per heavy atom. The van der Waals surface area contributed by atoms with Crippen LogP contribution in [0.3, 0.4) is 0 Å². The van der Waals surface area contributed by atoms with Crippen LogP contribution < -0.4 is 15.5 Å². The highest BCUT2D eigenvalue weighted by atomic mass is 127. The van der Waals surface area contributed by atoms with Crippen LogP contribution >= 0.6 is 24.0 Å². The zero-order chi connectivity index (χ0) is 21.4. The molecule has 1 saturated heterocycles. The van der Waals surface area contributed by atoms with E-state index in [1.54, 1.807) is 6.92 Å². The third-order valence-electron chi connectivity index (χ3n) is 5.13. The van der Waals surface area contributed by atoms with Gasteiger partial charge in [-0.2, -0.15) is 0 Å². The molecule has 2 aromatic rings. The molecule has 3 N–H and O–H groups in total. The summed E-state index contributed by atoms with van der Waals surface area (Å²) in [6.45, 7) is 9.97. The Morgan fingerprint density at radius 1 is 1.26 bits per heavy atom. The van der Waals surface area contributed by atoms with Crippen molar-refractivity contribution in [3.63, 3.8) is 0 Å². The maximum Gasteiger partial charge on any atom is 0.191 e. The number of pyridine rings is 1. The molecule has 3 rings (SSSR count). The van der Waals surface area contributed by atoms with Crippen molar-refractivity contribution in [2.75, 3.05) is 37.7 Å². The standard InChI is InChI=1S/C23H33N5O2.HI/c1-4-24-22(27-17-23(3,29)20-8-6-5-7-9-20)26-15-19-10-11-21(25-14-19)28-12-13-30-18(2)16-28;/h5-11,14,18,29H,4,12-13,15-17H2,1-3H3,(H2,24,26,27);1H. The Hall–Kier alpha value is -1.91. The van der Waals surface area contributed by atoms with Crippen molar-refractivity contribution in [3.05, 3.63) is 59.8 Å². The molecule has 8 heteroatoms. The van der Waals surface area contributed by atoms with Crippen LogP contribution in [0.4, 0.5) is 5.82 Å². The highest BCUT2D eigenvalue weighted by Crippen LogP contribution is 2.19. The first-order valence-electron chi connectivity index (χ1n) is 10.6. The number of benzene rings is 1. The van der Waals surface area contributed by atoms with Gasteiger partial charge in [-0.05, 0) is 38.0 Å². The summed E-state index contributed by atoms with van der Waals surface area (Å²) in [7, 11) is 0. The Bertz CT molecular complexity index is 814. The number of ether oxygens (including phenoxy) is 1. The summed E-state index contributed by atoms with van der Waals surface area (Å²) >= 11 is 0. The Morgan fingerprint density at radius 2 is 2.03 bits per heavy atom. The molecule has 2 unspecified atom stereocenters. The average molecular weight is 539 g/mol. The normalized spacial score (nSPS) is 18.6. The van der Waals surface area contributed by atoms with Gasteiger partial charge >= 0.3 is 0 Å². The van der Waals surface area contributed by atoms with E-state index >= 15 is 0 Å². The number of aromatic nitrogens is 1. The van der Waals surface area contributed by atoms with Crippen LogP contribution in [0, 0.1) is 0 Å². The number of guanidine groups is 1. The molecule has 0 saturated carbocycles. The molecule has 1 fully saturated rings. The van der Waals surface area contributed by atoms with Gasteiger partial charge in [-0.1, -0.05) is 36.4 Å². The van der Waals surface area contributed by atoms with Gasteiger partial charge in [-0.25, -0.2) is 9.98 Å². The number of anilines is 1. The molecule has 0 spiro atoms. The first-order chi connectivity index (χ1) is 14.5. The molecule has 1 aliphatic rings. The molecule has 31 heavy (non-hydrogen) atoms. The van der Waals surface area contributed by atoms with E-state index in [0.717, 1.165) is 43.2 Å². The Balaban J connectivity index is 0.00000341. The second-order valence-electron chi connectivity index (χ2n) is 7.84. The number of hydrogen-bond donors (Lipinski definition) is 3. The molecule has 0 amide bonds. The molecule has 1 aromatic carbocycles. The van der Waals surface area contributed by atoms with Gasteiger partial charge in [0.2, 0.25) is 0 Å². The van der Waals surface area contributed by atoms with Gasteiger partial charge in [0, 0.05) is 25.8 Å². The Kier molecular flexibility index (Phi) is 9.98. The van der Waals surface area contributed by atoms with E-state index in [1.807, 2.05) is 49.5 Å². The van der Waals surface area contributed by atoms with E-state index in [4.69, 9.17) is 4.74 Å². The van der Waals surface area contributed by atoms with E-state index in [2.05, 4.69) is 38.5 Å². The predicted octanol–water partition coefficient (Wildman–Crippen LogP) is 2.89. The van der Waals surface area contributed by atoms with Gasteiger partial charge in [0.25, 0.3) is 0 Å². The van der Waals surface area contributed by atoms with Crippen molar-refractivity contribution in [3.8, 4) is 0 Å². The lowest BCUT2D eigenvalue weighted by molar-refractivity contribution is 0.0529. The molecule has 0 aliphatic carbocycles. The van der Waals surface area contributed by atoms with Crippen LogP contribution in [0.5, 0.6) is 0 Å². The van der Waals surface area contributed by atoms with E-state index in [9.17, 15) is 5.11 Å². The number of halogens is 1. The van der Waals surface area contributed by atoms with E-state index in [-0.39, 0.29) is 30.1 Å². The van der Waals surface area contributed by atoms with Crippen LogP contribution in [0.25, 0.3) is 0 Å². The molecule has 1 aliphatic heterocycles. The lowest BCUT2D eigenvalue weighted by atomic mass is 9.96. The van der Waals surface area contributed by atoms with Crippen molar-refractivity contribution in [1.82, 2.24) is 15.6 Å². The molecule has 2 heterocycles. The van der Waals surface area contributed by atoms with Crippen molar-refractivity contribution < 1.29 is 9.84 Å². The van der Waals surface area contributed by atoms with Crippen molar-refractivity contribution in [2.45, 2.75) is 39.0 Å². The fourth-order valence-electron chi connectivity index (χ4n) is 3.39. The molecular weight excluding hydrogens is 505 g/mol. The fraction of sp³-hybridized carbons (Fsp3) is 0.478. The lowest BCUT2D eigenvalue weighted by Gasteiger charge is -2.32. The lowest BCUT2D eigenvalue weighted by Crippen LogP contribution is -2.44. The third-order valence-corrected chi connectivity index (χ3v) is 5.13. The monoisotopic (exact) mass is 539 g/mol. The van der Waals surface area contributed by atoms with E-state index < -0.39 is 5.60 Å². The van der Waals surface area contributed by atoms with Gasteiger partial charge in [0.15, 0.2) is 5.96 Å². The topological polar surface area (TPSA) is 82.0 Å². The predicted molar refractivity (Wildman–Crippen MR) is 136 cm³/mol. The number of aliphatic imine (C=N–C) groups is 1. The van der Waals surface area contributed by atoms with Crippen molar-refractivity contribution >= 4 is 35.8 Å². The maximum absolute atomic E-state index is 10.8. The second kappa shape index (κ2) is 12.2. The number of morpholine rings is 1. The molecule has 0 radical (unpaired) electrons. The van der Waals surface area contributed by atoms with Crippen LogP contribution in [0.1, 0.15) is 31.9 Å². The zero-order valence-corrected chi connectivity index (χ0v) is 20.9. The first kappa shape index (κ1) is 25.4. The molecule has 7 nitrogen and oxygen atoms in total. The minimum Gasteiger partial charge on any atom is -0.384 e. The van der Waals surface area contributed by atoms with Gasteiger partial charge in [-0.3, -0.25) is 0 Å². The van der Waals surface area contributed by atoms with Crippen LogP contribution in [-0.2, 0) is 16.9 Å². The first-order valence-corrected chi connectivity index (χ1v) is 10.6. The Labute approximate surface area is 202 Å². The van der Waals surface area contributed by atoms with Crippen LogP contribution in [0.2, 0.25) is 0 Å². The molecule has 2 atom stereocenters. The quantitative estimate of drug-likeness (QED) is 0.285.